The van der Waals surface area contributed by atoms with Crippen molar-refractivity contribution in [2.45, 2.75) is 50.9 Å². The maximum absolute atomic E-state index is 5.91. The van der Waals surface area contributed by atoms with Gasteiger partial charge in [0.2, 0.25) is 5.89 Å². The van der Waals surface area contributed by atoms with Crippen LogP contribution in [0.4, 0.5) is 0 Å². The van der Waals surface area contributed by atoms with E-state index >= 15 is 0 Å². The van der Waals surface area contributed by atoms with Crippen LogP contribution in [0.3, 0.4) is 0 Å². The highest BCUT2D eigenvalue weighted by Gasteiger charge is 2.30. The molecule has 1 N–H and O–H groups in total. The van der Waals surface area contributed by atoms with E-state index in [-0.39, 0.29) is 11.7 Å². The Hall–Kier alpha value is -0.980. The highest BCUT2D eigenvalue weighted by molar-refractivity contribution is 5.01. The lowest BCUT2D eigenvalue weighted by molar-refractivity contribution is -0.122. The lowest BCUT2D eigenvalue weighted by atomic mass is 10.1. The maximum atomic E-state index is 5.91. The van der Waals surface area contributed by atoms with Gasteiger partial charge in [0, 0.05) is 19.0 Å². The van der Waals surface area contributed by atoms with Crippen molar-refractivity contribution in [3.05, 3.63) is 11.7 Å². The third-order valence-electron chi connectivity index (χ3n) is 3.35. The smallest absolute Gasteiger partial charge is 0.229 e. The maximum Gasteiger partial charge on any atom is 0.229 e. The number of aromatic nitrogens is 2. The standard InChI is InChI=1S/C13H21N3O3/c1-13(2)8-14-5-10(18-13)6-17-7-11-15-12(19-16-11)9-3-4-9/h9-10,14H,3-8H2,1-2H3. The molecule has 0 radical (unpaired) electrons. The molecule has 2 heterocycles. The van der Waals surface area contributed by atoms with Crippen LogP contribution in [0.5, 0.6) is 0 Å². The SMILES string of the molecule is CC1(C)CNCC(COCc2noc(C3CC3)n2)O1. The molecule has 0 amide bonds. The minimum Gasteiger partial charge on any atom is -0.371 e. The number of nitrogens with one attached hydrogen (secondary N) is 1. The molecule has 1 saturated heterocycles. The van der Waals surface area contributed by atoms with Crippen molar-refractivity contribution >= 4 is 0 Å². The molecule has 2 fully saturated rings. The predicted octanol–water partition coefficient (Wildman–Crippen LogP) is 1.23. The summed E-state index contributed by atoms with van der Waals surface area (Å²) in [5.74, 6) is 1.88. The van der Waals surface area contributed by atoms with Gasteiger partial charge in [0.05, 0.1) is 18.3 Å². The molecule has 1 aliphatic heterocycles. The van der Waals surface area contributed by atoms with Crippen LogP contribution in [0.25, 0.3) is 0 Å². The van der Waals surface area contributed by atoms with Gasteiger partial charge in [-0.2, -0.15) is 4.98 Å². The van der Waals surface area contributed by atoms with Crippen molar-refractivity contribution in [3.8, 4) is 0 Å². The van der Waals surface area contributed by atoms with E-state index in [2.05, 4.69) is 29.3 Å². The summed E-state index contributed by atoms with van der Waals surface area (Å²) < 4.78 is 16.7. The number of morpholine rings is 1. The number of nitrogens with zero attached hydrogens (tertiary/aromatic N) is 2. The molecule has 1 aromatic heterocycles. The highest BCUT2D eigenvalue weighted by Crippen LogP contribution is 2.38. The van der Waals surface area contributed by atoms with Crippen LogP contribution in [0.15, 0.2) is 4.52 Å². The fraction of sp³-hybridized carbons (Fsp3) is 0.846. The molecule has 3 rings (SSSR count). The van der Waals surface area contributed by atoms with Gasteiger partial charge >= 0.3 is 0 Å². The van der Waals surface area contributed by atoms with Gasteiger partial charge in [-0.15, -0.1) is 0 Å². The summed E-state index contributed by atoms with van der Waals surface area (Å²) in [5, 5.41) is 7.27. The second-order valence-electron chi connectivity index (χ2n) is 5.97. The average Bonchev–Trinajstić information content (AvgIpc) is 3.09. The molecule has 6 heteroatoms. The first-order valence-electron chi connectivity index (χ1n) is 6.91. The molecule has 0 spiro atoms. The van der Waals surface area contributed by atoms with E-state index in [0.717, 1.165) is 19.0 Å². The Bertz CT molecular complexity index is 429. The first kappa shape index (κ1) is 13.0. The van der Waals surface area contributed by atoms with Gasteiger partial charge in [-0.1, -0.05) is 5.16 Å². The van der Waals surface area contributed by atoms with E-state index in [1.54, 1.807) is 0 Å². The topological polar surface area (TPSA) is 69.4 Å². The van der Waals surface area contributed by atoms with Crippen LogP contribution < -0.4 is 5.32 Å². The number of hydrogen-bond donors (Lipinski definition) is 1. The molecule has 19 heavy (non-hydrogen) atoms. The average molecular weight is 267 g/mol. The fourth-order valence-electron chi connectivity index (χ4n) is 2.27. The van der Waals surface area contributed by atoms with Crippen molar-refractivity contribution in [1.82, 2.24) is 15.5 Å². The number of rotatable bonds is 5. The van der Waals surface area contributed by atoms with Gasteiger partial charge in [-0.25, -0.2) is 0 Å². The summed E-state index contributed by atoms with van der Waals surface area (Å²) in [7, 11) is 0. The van der Waals surface area contributed by atoms with E-state index in [1.165, 1.54) is 12.8 Å². The monoisotopic (exact) mass is 267 g/mol. The Balaban J connectivity index is 1.42. The number of hydrogen-bond acceptors (Lipinski definition) is 6. The first-order chi connectivity index (χ1) is 9.12. The van der Waals surface area contributed by atoms with Gasteiger partial charge in [-0.05, 0) is 26.7 Å². The lowest BCUT2D eigenvalue weighted by Crippen LogP contribution is -2.51. The van der Waals surface area contributed by atoms with Crippen molar-refractivity contribution in [2.75, 3.05) is 19.7 Å². The minimum absolute atomic E-state index is 0.0820. The van der Waals surface area contributed by atoms with E-state index < -0.39 is 0 Å². The van der Waals surface area contributed by atoms with Crippen LogP contribution in [0.2, 0.25) is 0 Å². The second kappa shape index (κ2) is 5.19. The van der Waals surface area contributed by atoms with E-state index in [1.807, 2.05) is 0 Å². The molecule has 6 nitrogen and oxygen atoms in total. The van der Waals surface area contributed by atoms with E-state index in [4.69, 9.17) is 14.0 Å². The third kappa shape index (κ3) is 3.52. The zero-order valence-electron chi connectivity index (χ0n) is 11.5. The minimum atomic E-state index is -0.127. The van der Waals surface area contributed by atoms with Gasteiger partial charge < -0.3 is 19.3 Å². The Morgan fingerprint density at radius 2 is 2.26 bits per heavy atom. The van der Waals surface area contributed by atoms with Crippen molar-refractivity contribution in [1.29, 1.82) is 0 Å². The molecule has 1 aromatic rings. The Morgan fingerprint density at radius 1 is 1.42 bits per heavy atom. The Morgan fingerprint density at radius 3 is 3.00 bits per heavy atom. The second-order valence-corrected chi connectivity index (χ2v) is 5.97. The normalized spacial score (nSPS) is 26.5. The molecular weight excluding hydrogens is 246 g/mol. The zero-order valence-corrected chi connectivity index (χ0v) is 11.5. The van der Waals surface area contributed by atoms with Crippen LogP contribution in [-0.2, 0) is 16.1 Å². The van der Waals surface area contributed by atoms with Crippen LogP contribution in [-0.4, -0.2) is 41.5 Å². The molecular formula is C13H21N3O3. The summed E-state index contributed by atoms with van der Waals surface area (Å²) in [4.78, 5) is 4.32. The summed E-state index contributed by atoms with van der Waals surface area (Å²) in [6, 6.07) is 0. The summed E-state index contributed by atoms with van der Waals surface area (Å²) in [5.41, 5.74) is -0.127. The molecule has 0 aromatic carbocycles. The molecule has 106 valence electrons. The quantitative estimate of drug-likeness (QED) is 0.865. The highest BCUT2D eigenvalue weighted by atomic mass is 16.5. The van der Waals surface area contributed by atoms with Crippen molar-refractivity contribution < 1.29 is 14.0 Å². The summed E-state index contributed by atoms with van der Waals surface area (Å²) >= 11 is 0. The summed E-state index contributed by atoms with van der Waals surface area (Å²) in [6.45, 7) is 6.78. The third-order valence-corrected chi connectivity index (χ3v) is 3.35. The predicted molar refractivity (Wildman–Crippen MR) is 67.8 cm³/mol. The molecule has 1 aliphatic carbocycles. The first-order valence-corrected chi connectivity index (χ1v) is 6.91. The van der Waals surface area contributed by atoms with Crippen LogP contribution in [0.1, 0.15) is 44.3 Å². The largest absolute Gasteiger partial charge is 0.371 e. The van der Waals surface area contributed by atoms with Gasteiger partial charge in [0.1, 0.15) is 6.61 Å². The van der Waals surface area contributed by atoms with Crippen molar-refractivity contribution in [3.63, 3.8) is 0 Å². The van der Waals surface area contributed by atoms with Gasteiger partial charge in [0.15, 0.2) is 5.82 Å². The molecule has 1 atom stereocenters. The fourth-order valence-corrected chi connectivity index (χ4v) is 2.27. The Kier molecular flexibility index (Phi) is 3.56. The zero-order chi connectivity index (χ0) is 13.3. The van der Waals surface area contributed by atoms with Crippen LogP contribution in [0, 0.1) is 0 Å². The molecule has 0 bridgehead atoms. The molecule has 1 unspecified atom stereocenters. The van der Waals surface area contributed by atoms with Crippen LogP contribution >= 0.6 is 0 Å². The van der Waals surface area contributed by atoms with Gasteiger partial charge in [0.25, 0.3) is 0 Å². The van der Waals surface area contributed by atoms with Gasteiger partial charge in [-0.3, -0.25) is 0 Å². The van der Waals surface area contributed by atoms with Crippen molar-refractivity contribution in [2.24, 2.45) is 0 Å². The lowest BCUT2D eigenvalue weighted by Gasteiger charge is -2.36. The number of ether oxygens (including phenoxy) is 2. The summed E-state index contributed by atoms with van der Waals surface area (Å²) in [6.07, 6.45) is 2.41. The van der Waals surface area contributed by atoms with E-state index in [0.29, 0.717) is 25.0 Å². The van der Waals surface area contributed by atoms with E-state index in [9.17, 15) is 0 Å². The molecule has 1 saturated carbocycles. The molecule has 2 aliphatic rings. The Labute approximate surface area is 112 Å².